The van der Waals surface area contributed by atoms with E-state index >= 15 is 0 Å². The maximum Gasteiger partial charge on any atom is 0.280 e. The summed E-state index contributed by atoms with van der Waals surface area (Å²) in [5.74, 6) is 0.836. The number of furan rings is 1. The number of amides is 1. The molecule has 8 heteroatoms. The lowest BCUT2D eigenvalue weighted by Crippen LogP contribution is -2.24. The molecule has 0 radical (unpaired) electrons. The number of hydrazone groups is 1. The topological polar surface area (TPSA) is 107 Å². The number of benzene rings is 2. The lowest BCUT2D eigenvalue weighted by atomic mass is 9.87. The monoisotopic (exact) mass is 421 g/mol. The van der Waals surface area contributed by atoms with Gasteiger partial charge in [0.2, 0.25) is 0 Å². The lowest BCUT2D eigenvalue weighted by molar-refractivity contribution is -0.384. The van der Waals surface area contributed by atoms with Gasteiger partial charge >= 0.3 is 0 Å². The molecule has 0 bridgehead atoms. The number of nitrogens with zero attached hydrogens (tertiary/aromatic N) is 2. The van der Waals surface area contributed by atoms with E-state index in [0.29, 0.717) is 22.8 Å². The third-order valence-corrected chi connectivity index (χ3v) is 4.46. The number of para-hydroxylation sites is 1. The number of nitro groups is 1. The number of carbonyl (C=O) groups excluding carboxylic acids is 1. The van der Waals surface area contributed by atoms with Crippen LogP contribution in [0.15, 0.2) is 70.2 Å². The molecule has 31 heavy (non-hydrogen) atoms. The molecule has 1 heterocycles. The van der Waals surface area contributed by atoms with Crippen LogP contribution in [0.2, 0.25) is 0 Å². The normalized spacial score (nSPS) is 11.5. The van der Waals surface area contributed by atoms with Crippen LogP contribution >= 0.6 is 0 Å². The van der Waals surface area contributed by atoms with Crippen LogP contribution < -0.4 is 10.2 Å². The van der Waals surface area contributed by atoms with Crippen molar-refractivity contribution in [2.24, 2.45) is 5.10 Å². The Hall–Kier alpha value is -3.94. The first-order chi connectivity index (χ1) is 14.7. The van der Waals surface area contributed by atoms with E-state index < -0.39 is 10.8 Å². The van der Waals surface area contributed by atoms with Crippen LogP contribution in [0.4, 0.5) is 5.69 Å². The Balaban J connectivity index is 1.53. The van der Waals surface area contributed by atoms with Gasteiger partial charge in [0, 0.05) is 6.07 Å². The van der Waals surface area contributed by atoms with Crippen LogP contribution in [0.25, 0.3) is 11.3 Å². The SMILES string of the molecule is CC(C)(C)c1ccc(OCC(=O)NN=Cc2ccc(-c3ccccc3[N+](=O)[O-])o2)cc1. The van der Waals surface area contributed by atoms with Crippen molar-refractivity contribution < 1.29 is 18.9 Å². The van der Waals surface area contributed by atoms with Gasteiger partial charge < -0.3 is 9.15 Å². The van der Waals surface area contributed by atoms with Gasteiger partial charge in [-0.15, -0.1) is 0 Å². The summed E-state index contributed by atoms with van der Waals surface area (Å²) in [5, 5.41) is 15.0. The van der Waals surface area contributed by atoms with E-state index in [4.69, 9.17) is 9.15 Å². The van der Waals surface area contributed by atoms with E-state index in [-0.39, 0.29) is 17.7 Å². The molecule has 1 N–H and O–H groups in total. The van der Waals surface area contributed by atoms with E-state index in [1.165, 1.54) is 17.8 Å². The minimum atomic E-state index is -0.470. The van der Waals surface area contributed by atoms with E-state index in [9.17, 15) is 14.9 Å². The summed E-state index contributed by atoms with van der Waals surface area (Å²) >= 11 is 0. The molecule has 0 atom stereocenters. The Morgan fingerprint density at radius 2 is 1.84 bits per heavy atom. The molecular weight excluding hydrogens is 398 g/mol. The summed E-state index contributed by atoms with van der Waals surface area (Å²) < 4.78 is 11.0. The van der Waals surface area contributed by atoms with Crippen molar-refractivity contribution in [2.45, 2.75) is 26.2 Å². The first kappa shape index (κ1) is 21.8. The molecule has 0 saturated heterocycles. The third-order valence-electron chi connectivity index (χ3n) is 4.46. The van der Waals surface area contributed by atoms with E-state index in [1.807, 2.05) is 24.3 Å². The van der Waals surface area contributed by atoms with Gasteiger partial charge in [0.15, 0.2) is 6.61 Å². The van der Waals surface area contributed by atoms with Crippen molar-refractivity contribution in [2.75, 3.05) is 6.61 Å². The fraction of sp³-hybridized carbons (Fsp3) is 0.217. The van der Waals surface area contributed by atoms with Crippen LogP contribution in [0.3, 0.4) is 0 Å². The Bertz CT molecular complexity index is 1090. The van der Waals surface area contributed by atoms with Gasteiger partial charge in [-0.2, -0.15) is 5.10 Å². The smallest absolute Gasteiger partial charge is 0.280 e. The molecule has 0 saturated carbocycles. The minimum Gasteiger partial charge on any atom is -0.484 e. The summed E-state index contributed by atoms with van der Waals surface area (Å²) in [7, 11) is 0. The molecule has 3 rings (SSSR count). The van der Waals surface area contributed by atoms with Gasteiger partial charge in [-0.3, -0.25) is 14.9 Å². The molecule has 8 nitrogen and oxygen atoms in total. The molecule has 1 amide bonds. The zero-order chi connectivity index (χ0) is 22.4. The van der Waals surface area contributed by atoms with Crippen LogP contribution in [0.1, 0.15) is 32.1 Å². The fourth-order valence-electron chi connectivity index (χ4n) is 2.81. The maximum absolute atomic E-state index is 11.9. The van der Waals surface area contributed by atoms with Gasteiger partial charge in [-0.05, 0) is 41.3 Å². The predicted octanol–water partition coefficient (Wildman–Crippen LogP) is 4.68. The molecule has 0 spiro atoms. The van der Waals surface area contributed by atoms with Gasteiger partial charge in [0.05, 0.1) is 16.7 Å². The summed E-state index contributed by atoms with van der Waals surface area (Å²) in [5.41, 5.74) is 3.88. The van der Waals surface area contributed by atoms with Crippen molar-refractivity contribution >= 4 is 17.8 Å². The second kappa shape index (κ2) is 9.25. The second-order valence-electron chi connectivity index (χ2n) is 7.83. The Kier molecular flexibility index (Phi) is 6.49. The average molecular weight is 421 g/mol. The van der Waals surface area contributed by atoms with Crippen molar-refractivity contribution in [3.63, 3.8) is 0 Å². The summed E-state index contributed by atoms with van der Waals surface area (Å²) in [4.78, 5) is 22.6. The highest BCUT2D eigenvalue weighted by molar-refractivity contribution is 5.82. The first-order valence-electron chi connectivity index (χ1n) is 9.63. The van der Waals surface area contributed by atoms with Crippen LogP contribution in [-0.4, -0.2) is 23.7 Å². The minimum absolute atomic E-state index is 0.0434. The molecule has 0 unspecified atom stereocenters. The highest BCUT2D eigenvalue weighted by atomic mass is 16.6. The molecule has 3 aromatic rings. The molecule has 2 aromatic carbocycles. The lowest BCUT2D eigenvalue weighted by Gasteiger charge is -2.19. The van der Waals surface area contributed by atoms with E-state index in [2.05, 4.69) is 31.3 Å². The summed E-state index contributed by atoms with van der Waals surface area (Å²) in [6, 6.07) is 17.1. The van der Waals surface area contributed by atoms with E-state index in [0.717, 1.165) is 0 Å². The van der Waals surface area contributed by atoms with Gasteiger partial charge in [-0.1, -0.05) is 45.0 Å². The molecule has 160 valence electrons. The molecular formula is C23H23N3O5. The zero-order valence-electron chi connectivity index (χ0n) is 17.5. The van der Waals surface area contributed by atoms with E-state index in [1.54, 1.807) is 30.3 Å². The number of nitro benzene ring substituents is 1. The molecule has 0 aliphatic carbocycles. The van der Waals surface area contributed by atoms with Gasteiger partial charge in [0.1, 0.15) is 17.3 Å². The highest BCUT2D eigenvalue weighted by Crippen LogP contribution is 2.30. The fourth-order valence-corrected chi connectivity index (χ4v) is 2.81. The van der Waals surface area contributed by atoms with Gasteiger partial charge in [0.25, 0.3) is 11.6 Å². The average Bonchev–Trinajstić information content (AvgIpc) is 3.20. The van der Waals surface area contributed by atoms with Crippen molar-refractivity contribution in [1.29, 1.82) is 0 Å². The second-order valence-corrected chi connectivity index (χ2v) is 7.83. The quantitative estimate of drug-likeness (QED) is 0.339. The highest BCUT2D eigenvalue weighted by Gasteiger charge is 2.17. The van der Waals surface area contributed by atoms with Crippen molar-refractivity contribution in [3.05, 3.63) is 82.1 Å². The predicted molar refractivity (Wildman–Crippen MR) is 117 cm³/mol. The van der Waals surface area contributed by atoms with Crippen molar-refractivity contribution in [3.8, 4) is 17.1 Å². The van der Waals surface area contributed by atoms with Crippen molar-refractivity contribution in [1.82, 2.24) is 5.43 Å². The molecule has 0 aliphatic rings. The number of rotatable bonds is 7. The Labute approximate surface area is 179 Å². The van der Waals surface area contributed by atoms with Gasteiger partial charge in [-0.25, -0.2) is 5.43 Å². The van der Waals surface area contributed by atoms with Crippen LogP contribution in [0, 0.1) is 10.1 Å². The number of nitrogens with one attached hydrogen (secondary N) is 1. The summed E-state index contributed by atoms with van der Waals surface area (Å²) in [6.07, 6.45) is 1.31. The number of ether oxygens (including phenoxy) is 1. The van der Waals surface area contributed by atoms with Crippen LogP contribution in [-0.2, 0) is 10.2 Å². The molecule has 0 fully saturated rings. The third kappa shape index (κ3) is 5.79. The molecule has 1 aromatic heterocycles. The first-order valence-corrected chi connectivity index (χ1v) is 9.63. The Morgan fingerprint density at radius 1 is 1.13 bits per heavy atom. The zero-order valence-corrected chi connectivity index (χ0v) is 17.5. The Morgan fingerprint density at radius 3 is 2.52 bits per heavy atom. The largest absolute Gasteiger partial charge is 0.484 e. The maximum atomic E-state index is 11.9. The van der Waals surface area contributed by atoms with Crippen LogP contribution in [0.5, 0.6) is 5.75 Å². The number of carbonyl (C=O) groups is 1. The standard InChI is InChI=1S/C23H23N3O5/c1-23(2,3)16-8-10-17(11-9-16)30-15-22(27)25-24-14-18-12-13-21(31-18)19-6-4-5-7-20(19)26(28)29/h4-14H,15H2,1-3H3,(H,25,27). The molecule has 0 aliphatic heterocycles. The summed E-state index contributed by atoms with van der Waals surface area (Å²) in [6.45, 7) is 6.18. The number of hydrogen-bond acceptors (Lipinski definition) is 6. The number of hydrogen-bond donors (Lipinski definition) is 1.